The summed E-state index contributed by atoms with van der Waals surface area (Å²) in [4.78, 5) is 187. The first-order chi connectivity index (χ1) is 45.6. The van der Waals surface area contributed by atoms with Crippen molar-refractivity contribution >= 4 is 71.1 Å². The quantitative estimate of drug-likeness (QED) is 0.0968. The molecule has 28 nitrogen and oxygen atoms in total. The fraction of sp³-hybridized carbons (Fsp3) is 0.800. The Bertz CT molecular complexity index is 2760. The van der Waals surface area contributed by atoms with Crippen LogP contribution >= 0.6 is 0 Å². The second-order valence-corrected chi connectivity index (χ2v) is 30.0. The Labute approximate surface area is 583 Å². The maximum atomic E-state index is 15.3. The van der Waals surface area contributed by atoms with E-state index in [9.17, 15) is 53.4 Å². The lowest BCUT2D eigenvalue weighted by Crippen LogP contribution is -2.64. The number of carbonyl (C=O) groups is 12. The van der Waals surface area contributed by atoms with Gasteiger partial charge in [-0.15, -0.1) is 0 Å². The Balaban J connectivity index is 2.30. The molecular formula is C70H123N13O15. The van der Waals surface area contributed by atoms with E-state index in [1.165, 1.54) is 68.0 Å². The Kier molecular flexibility index (Phi) is 34.1. The van der Waals surface area contributed by atoms with Gasteiger partial charge in [0.25, 0.3) is 0 Å². The Morgan fingerprint density at radius 2 is 1.01 bits per heavy atom. The predicted octanol–water partition coefficient (Wildman–Crippen LogP) is 2.18. The van der Waals surface area contributed by atoms with Gasteiger partial charge in [-0.05, 0) is 127 Å². The number of nitrogens with zero attached hydrogens (tertiary/aromatic N) is 8. The highest BCUT2D eigenvalue weighted by Gasteiger charge is 2.46. The van der Waals surface area contributed by atoms with Crippen LogP contribution in [0.1, 0.15) is 162 Å². The number of nitrogens with one attached hydrogen (secondary N) is 5. The third-order valence-electron chi connectivity index (χ3n) is 19.0. The number of fused-ring (bicyclic) bond motifs is 1. The topological polar surface area (TPSA) is 341 Å². The zero-order chi connectivity index (χ0) is 74.7. The fourth-order valence-electron chi connectivity index (χ4n) is 13.1. The summed E-state index contributed by atoms with van der Waals surface area (Å²) in [6.45, 7) is 29.1. The van der Waals surface area contributed by atoms with Gasteiger partial charge in [-0.1, -0.05) is 95.2 Å². The zero-order valence-corrected chi connectivity index (χ0v) is 62.9. The molecule has 3 saturated heterocycles. The number of hydrogen-bond donors (Lipinski definition) is 7. The molecule has 0 aromatic rings. The van der Waals surface area contributed by atoms with Crippen molar-refractivity contribution in [3.63, 3.8) is 0 Å². The summed E-state index contributed by atoms with van der Waals surface area (Å²) in [7, 11) is 8.06. The van der Waals surface area contributed by atoms with Crippen LogP contribution in [-0.2, 0) is 57.5 Å². The lowest BCUT2D eigenvalue weighted by molar-refractivity contribution is -0.155. The Morgan fingerprint density at radius 1 is 0.531 bits per heavy atom. The van der Waals surface area contributed by atoms with Gasteiger partial charge >= 0.3 is 6.09 Å². The minimum absolute atomic E-state index is 0.0248. The fourth-order valence-corrected chi connectivity index (χ4v) is 13.1. The first-order valence-electron chi connectivity index (χ1n) is 35.3. The maximum absolute atomic E-state index is 15.3. The Morgan fingerprint density at radius 3 is 1.52 bits per heavy atom. The third-order valence-corrected chi connectivity index (χ3v) is 19.0. The van der Waals surface area contributed by atoms with Gasteiger partial charge in [-0.25, -0.2) is 4.79 Å². The lowest BCUT2D eigenvalue weighted by atomic mass is 9.91. The number of likely N-dealkylation sites (N-methyl/N-ethyl adjacent to an activating group) is 6. The van der Waals surface area contributed by atoms with Crippen molar-refractivity contribution < 1.29 is 72.5 Å². The second kappa shape index (κ2) is 39.2. The number of hydrogen-bond acceptors (Lipinski definition) is 16. The number of ether oxygens (including phenoxy) is 1. The van der Waals surface area contributed by atoms with Gasteiger partial charge in [0.2, 0.25) is 65.0 Å². The van der Waals surface area contributed by atoms with E-state index in [0.29, 0.717) is 19.6 Å². The molecule has 3 heterocycles. The van der Waals surface area contributed by atoms with Gasteiger partial charge < -0.3 is 75.8 Å². The maximum Gasteiger partial charge on any atom is 0.409 e. The van der Waals surface area contributed by atoms with Crippen LogP contribution in [0.3, 0.4) is 0 Å². The van der Waals surface area contributed by atoms with E-state index in [1.54, 1.807) is 51.7 Å². The average molecular weight is 1390 g/mol. The molecule has 3 aliphatic heterocycles. The number of aliphatic hydroxyl groups excluding tert-OH is 2. The van der Waals surface area contributed by atoms with Crippen LogP contribution in [0.2, 0.25) is 0 Å². The lowest BCUT2D eigenvalue weighted by Gasteiger charge is -2.40. The molecule has 98 heavy (non-hydrogen) atoms. The van der Waals surface area contributed by atoms with Crippen LogP contribution in [0.5, 0.6) is 0 Å². The van der Waals surface area contributed by atoms with Gasteiger partial charge in [-0.2, -0.15) is 0 Å². The van der Waals surface area contributed by atoms with Crippen LogP contribution in [0.15, 0.2) is 12.2 Å². The minimum Gasteiger partial charge on any atom is -0.449 e. The first-order valence-corrected chi connectivity index (χ1v) is 35.3. The Hall–Kier alpha value is -6.94. The molecule has 0 aromatic heterocycles. The SMILES string of the molecule is C/C=C/C[C@@H](C)[C@@H](O)[C@H]1C(=O)N[C@@H](C(C)O)C(=O)N(C)CC(=O)N(C)[C@@H](CC(C)C)C(=O)N[C@@H](CC(C)C)C(=O)N(C)[C@@H](CC(C)C)C(=O)N[C@@H](C)C(=O)N[C@H](C)C(=O)N(C)[C@@H](C[C@H](C)COC(=O)N2CCN3CCCC3C2)C(=O)N[C@@H](CC(C)C)C(=O)N(C)[C@@H](C(C)C)C(=O)N1C. The molecule has 2 unspecified atom stereocenters. The van der Waals surface area contributed by atoms with Crippen molar-refractivity contribution in [2.75, 3.05) is 81.6 Å². The second-order valence-electron chi connectivity index (χ2n) is 30.0. The van der Waals surface area contributed by atoms with E-state index >= 15 is 14.4 Å². The molecule has 0 radical (unpaired) electrons. The van der Waals surface area contributed by atoms with Crippen molar-refractivity contribution in [1.29, 1.82) is 0 Å². The molecule has 3 rings (SSSR count). The molecule has 7 N–H and O–H groups in total. The molecule has 558 valence electrons. The molecule has 28 heteroatoms. The highest BCUT2D eigenvalue weighted by Crippen LogP contribution is 2.26. The molecule has 0 aliphatic carbocycles. The van der Waals surface area contributed by atoms with Gasteiger partial charge in [-0.3, -0.25) is 57.6 Å². The molecular weight excluding hydrogens is 1260 g/mol. The zero-order valence-electron chi connectivity index (χ0n) is 62.9. The van der Waals surface area contributed by atoms with E-state index in [0.717, 1.165) is 43.9 Å². The number of allylic oxidation sites excluding steroid dienone is 2. The monoisotopic (exact) mass is 1390 g/mol. The van der Waals surface area contributed by atoms with Crippen molar-refractivity contribution in [3.8, 4) is 0 Å². The number of amides is 12. The molecule has 3 fully saturated rings. The summed E-state index contributed by atoms with van der Waals surface area (Å²) in [5.41, 5.74) is 0. The van der Waals surface area contributed by atoms with E-state index < -0.39 is 168 Å². The summed E-state index contributed by atoms with van der Waals surface area (Å²) >= 11 is 0. The summed E-state index contributed by atoms with van der Waals surface area (Å²) in [5, 5.41) is 37.1. The van der Waals surface area contributed by atoms with Crippen molar-refractivity contribution in [1.82, 2.24) is 65.8 Å². The molecule has 15 atom stereocenters. The predicted molar refractivity (Wildman–Crippen MR) is 372 cm³/mol. The molecule has 0 saturated carbocycles. The van der Waals surface area contributed by atoms with Crippen LogP contribution < -0.4 is 26.6 Å². The van der Waals surface area contributed by atoms with Gasteiger partial charge in [0, 0.05) is 68.0 Å². The third kappa shape index (κ3) is 24.2. The highest BCUT2D eigenvalue weighted by molar-refractivity contribution is 5.99. The summed E-state index contributed by atoms with van der Waals surface area (Å²) in [6, 6.07) is -13.7. The normalized spacial score (nSPS) is 27.8. The van der Waals surface area contributed by atoms with E-state index in [4.69, 9.17) is 4.74 Å². The van der Waals surface area contributed by atoms with E-state index in [2.05, 4.69) is 31.5 Å². The molecule has 0 aromatic carbocycles. The van der Waals surface area contributed by atoms with Gasteiger partial charge in [0.05, 0.1) is 25.4 Å². The molecule has 0 bridgehead atoms. The number of aliphatic hydroxyl groups is 2. The first kappa shape index (κ1) is 85.3. The molecule has 3 aliphatic rings. The largest absolute Gasteiger partial charge is 0.449 e. The summed E-state index contributed by atoms with van der Waals surface area (Å²) in [6.07, 6.45) is 2.21. The standard InChI is InChI=1S/C70H123N13O15/c1-23-24-26-45(13)59(86)58-64(91)75-56(48(16)84)68(95)76(17)37-55(85)77(18)52(33-41(6)7)62(89)73-50(31-39(2)3)66(93)79(20)53(34-42(8)9)61(88)71-46(14)60(87)72-47(15)65(92)78(19)54(35-44(12)38-98-70(97)83-30-29-82-28-25-27-49(82)36-83)63(90)74-51(32-40(4)5)67(94)80(21)57(43(10)11)69(96)81(58)22/h23-24,39-54,56-59,84,86H,25-38H2,1-22H3,(H,71,88)(H,72,87)(H,73,89)(H,74,90)(H,75,91)/b24-23+/t44-,45+,46-,47+,48?,49?,50-,51-,52-,53-,54-,56-,57-,58-,59+/m0/s1. The van der Waals surface area contributed by atoms with Crippen molar-refractivity contribution in [3.05, 3.63) is 12.2 Å². The molecule has 12 amide bonds. The van der Waals surface area contributed by atoms with Crippen LogP contribution in [0, 0.1) is 41.4 Å². The molecule has 0 spiro atoms. The van der Waals surface area contributed by atoms with Crippen LogP contribution in [-0.4, -0.2) is 281 Å². The minimum atomic E-state index is -1.77. The van der Waals surface area contributed by atoms with Gasteiger partial charge in [0.1, 0.15) is 60.4 Å². The highest BCUT2D eigenvalue weighted by atomic mass is 16.6. The van der Waals surface area contributed by atoms with E-state index in [-0.39, 0.29) is 74.8 Å². The van der Waals surface area contributed by atoms with Crippen LogP contribution in [0.4, 0.5) is 4.79 Å². The summed E-state index contributed by atoms with van der Waals surface area (Å²) < 4.78 is 5.85. The van der Waals surface area contributed by atoms with Gasteiger partial charge in [0.15, 0.2) is 0 Å². The summed E-state index contributed by atoms with van der Waals surface area (Å²) in [5.74, 6) is -11.5. The van der Waals surface area contributed by atoms with Crippen molar-refractivity contribution in [2.45, 2.75) is 241 Å². The average Bonchev–Trinajstić information content (AvgIpc) is 0.967. The smallest absolute Gasteiger partial charge is 0.409 e. The van der Waals surface area contributed by atoms with Crippen molar-refractivity contribution in [2.24, 2.45) is 41.4 Å². The van der Waals surface area contributed by atoms with E-state index in [1.807, 2.05) is 55.4 Å². The number of piperazine rings is 1. The van der Waals surface area contributed by atoms with Crippen LogP contribution in [0.25, 0.3) is 0 Å². The number of carbonyl (C=O) groups excluding carboxylic acids is 12. The number of rotatable bonds is 18.